The molecule has 0 spiro atoms. The number of carbonyl (C=O) groups excluding carboxylic acids is 1. The highest BCUT2D eigenvalue weighted by Crippen LogP contribution is 2.24. The van der Waals surface area contributed by atoms with Crippen molar-refractivity contribution in [3.8, 4) is 22.6 Å². The Bertz CT molecular complexity index is 936. The molecule has 1 unspecified atom stereocenters. The van der Waals surface area contributed by atoms with Crippen molar-refractivity contribution in [2.75, 3.05) is 11.9 Å². The third kappa shape index (κ3) is 6.11. The van der Waals surface area contributed by atoms with Crippen LogP contribution in [0.15, 0.2) is 78.9 Å². The molecule has 1 amide bonds. The fraction of sp³-hybridized carbons (Fsp3) is 0.269. The molecule has 1 atom stereocenters. The number of hydrogen-bond donors (Lipinski definition) is 1. The van der Waals surface area contributed by atoms with Gasteiger partial charge in [-0.2, -0.15) is 0 Å². The minimum atomic E-state index is -0.576. The Labute approximate surface area is 178 Å². The molecule has 0 aliphatic carbocycles. The second kappa shape index (κ2) is 10.5. The number of nitrogens with one attached hydrogen (secondary N) is 1. The molecule has 0 aliphatic heterocycles. The van der Waals surface area contributed by atoms with Crippen molar-refractivity contribution in [2.45, 2.75) is 33.3 Å². The van der Waals surface area contributed by atoms with Gasteiger partial charge in [-0.1, -0.05) is 69.3 Å². The van der Waals surface area contributed by atoms with Gasteiger partial charge in [0.1, 0.15) is 11.5 Å². The summed E-state index contributed by atoms with van der Waals surface area (Å²) in [6.07, 6.45) is -0.0108. The molecule has 4 heteroatoms. The minimum absolute atomic E-state index is 0.175. The van der Waals surface area contributed by atoms with Crippen LogP contribution in [0.3, 0.4) is 0 Å². The highest BCUT2D eigenvalue weighted by molar-refractivity contribution is 5.94. The van der Waals surface area contributed by atoms with Crippen molar-refractivity contribution in [2.24, 2.45) is 5.92 Å². The smallest absolute Gasteiger partial charge is 0.265 e. The zero-order valence-electron chi connectivity index (χ0n) is 17.8. The Morgan fingerprint density at radius 3 is 2.23 bits per heavy atom. The van der Waals surface area contributed by atoms with E-state index >= 15 is 0 Å². The molecule has 0 bridgehead atoms. The summed E-state index contributed by atoms with van der Waals surface area (Å²) in [4.78, 5) is 12.7. The SMILES string of the molecule is CCC(Oc1ccc(-c2ccccc2)cc1)C(=O)Nc1cccc(OCC(C)C)c1. The molecule has 3 aromatic rings. The molecular formula is C26H29NO3. The maximum atomic E-state index is 12.7. The van der Waals surface area contributed by atoms with E-state index in [1.807, 2.05) is 73.7 Å². The highest BCUT2D eigenvalue weighted by atomic mass is 16.5. The number of benzene rings is 3. The predicted molar refractivity (Wildman–Crippen MR) is 122 cm³/mol. The standard InChI is InChI=1S/C26H29NO3/c1-4-25(26(28)27-22-11-8-12-24(17-22)29-18-19(2)3)30-23-15-13-21(14-16-23)20-9-6-5-7-10-20/h5-17,19,25H,4,18H2,1-3H3,(H,27,28). The van der Waals surface area contributed by atoms with E-state index in [1.54, 1.807) is 0 Å². The van der Waals surface area contributed by atoms with E-state index in [2.05, 4.69) is 31.3 Å². The number of hydrogen-bond acceptors (Lipinski definition) is 3. The number of anilines is 1. The first-order valence-electron chi connectivity index (χ1n) is 10.4. The second-order valence-electron chi connectivity index (χ2n) is 7.63. The quantitative estimate of drug-likeness (QED) is 0.464. The summed E-state index contributed by atoms with van der Waals surface area (Å²) >= 11 is 0. The molecule has 0 radical (unpaired) electrons. The lowest BCUT2D eigenvalue weighted by molar-refractivity contribution is -0.122. The lowest BCUT2D eigenvalue weighted by Gasteiger charge is -2.18. The van der Waals surface area contributed by atoms with Crippen molar-refractivity contribution in [1.29, 1.82) is 0 Å². The summed E-state index contributed by atoms with van der Waals surface area (Å²) < 4.78 is 11.7. The molecule has 0 saturated heterocycles. The fourth-order valence-corrected chi connectivity index (χ4v) is 2.99. The Hall–Kier alpha value is -3.27. The number of rotatable bonds is 9. The van der Waals surface area contributed by atoms with E-state index in [9.17, 15) is 4.79 Å². The van der Waals surface area contributed by atoms with Crippen molar-refractivity contribution in [3.05, 3.63) is 78.9 Å². The van der Waals surface area contributed by atoms with Crippen LogP contribution in [0.4, 0.5) is 5.69 Å². The van der Waals surface area contributed by atoms with E-state index in [4.69, 9.17) is 9.47 Å². The Morgan fingerprint density at radius 2 is 1.57 bits per heavy atom. The number of amides is 1. The van der Waals surface area contributed by atoms with Gasteiger partial charge in [-0.3, -0.25) is 4.79 Å². The zero-order valence-corrected chi connectivity index (χ0v) is 17.8. The molecule has 0 aromatic heterocycles. The summed E-state index contributed by atoms with van der Waals surface area (Å²) in [5.74, 6) is 1.68. The topological polar surface area (TPSA) is 47.6 Å². The van der Waals surface area contributed by atoms with Crippen molar-refractivity contribution >= 4 is 11.6 Å². The molecule has 4 nitrogen and oxygen atoms in total. The average molecular weight is 404 g/mol. The van der Waals surface area contributed by atoms with Gasteiger partial charge >= 0.3 is 0 Å². The van der Waals surface area contributed by atoms with E-state index in [0.29, 0.717) is 30.4 Å². The van der Waals surface area contributed by atoms with Crippen LogP contribution in [0.2, 0.25) is 0 Å². The number of carbonyl (C=O) groups is 1. The maximum Gasteiger partial charge on any atom is 0.265 e. The summed E-state index contributed by atoms with van der Waals surface area (Å²) in [6.45, 7) is 6.77. The van der Waals surface area contributed by atoms with Gasteiger partial charge in [0.05, 0.1) is 6.61 Å². The Morgan fingerprint density at radius 1 is 0.867 bits per heavy atom. The van der Waals surface area contributed by atoms with Crippen LogP contribution in [0.25, 0.3) is 11.1 Å². The van der Waals surface area contributed by atoms with Gasteiger partial charge in [-0.15, -0.1) is 0 Å². The normalized spacial score (nSPS) is 11.7. The molecule has 30 heavy (non-hydrogen) atoms. The van der Waals surface area contributed by atoms with E-state index in [1.165, 1.54) is 0 Å². The zero-order chi connectivity index (χ0) is 21.3. The molecule has 0 heterocycles. The van der Waals surface area contributed by atoms with Crippen LogP contribution in [-0.2, 0) is 4.79 Å². The summed E-state index contributed by atoms with van der Waals surface area (Å²) in [5, 5.41) is 2.93. The van der Waals surface area contributed by atoms with Crippen LogP contribution in [0.5, 0.6) is 11.5 Å². The van der Waals surface area contributed by atoms with Gasteiger partial charge in [0.25, 0.3) is 5.91 Å². The van der Waals surface area contributed by atoms with Crippen LogP contribution >= 0.6 is 0 Å². The lowest BCUT2D eigenvalue weighted by Crippen LogP contribution is -2.32. The van der Waals surface area contributed by atoms with Gasteiger partial charge in [0, 0.05) is 11.8 Å². The van der Waals surface area contributed by atoms with Crippen molar-refractivity contribution < 1.29 is 14.3 Å². The molecule has 156 valence electrons. The van der Waals surface area contributed by atoms with Gasteiger partial charge in [-0.05, 0) is 47.7 Å². The minimum Gasteiger partial charge on any atom is -0.493 e. The molecule has 0 saturated carbocycles. The third-order valence-corrected chi connectivity index (χ3v) is 4.59. The van der Waals surface area contributed by atoms with E-state index < -0.39 is 6.10 Å². The summed E-state index contributed by atoms with van der Waals surface area (Å²) in [7, 11) is 0. The summed E-state index contributed by atoms with van der Waals surface area (Å²) in [5.41, 5.74) is 2.95. The average Bonchev–Trinajstić information content (AvgIpc) is 2.77. The Balaban J connectivity index is 1.62. The molecule has 0 fully saturated rings. The molecule has 3 aromatic carbocycles. The van der Waals surface area contributed by atoms with Gasteiger partial charge in [0.2, 0.25) is 0 Å². The maximum absolute atomic E-state index is 12.7. The van der Waals surface area contributed by atoms with E-state index in [0.717, 1.165) is 16.9 Å². The Kier molecular flexibility index (Phi) is 7.50. The highest BCUT2D eigenvalue weighted by Gasteiger charge is 2.19. The molecular weight excluding hydrogens is 374 g/mol. The number of ether oxygens (including phenoxy) is 2. The van der Waals surface area contributed by atoms with Crippen LogP contribution in [-0.4, -0.2) is 18.6 Å². The van der Waals surface area contributed by atoms with Crippen LogP contribution in [0.1, 0.15) is 27.2 Å². The van der Waals surface area contributed by atoms with Crippen molar-refractivity contribution in [1.82, 2.24) is 0 Å². The monoisotopic (exact) mass is 403 g/mol. The fourth-order valence-electron chi connectivity index (χ4n) is 2.99. The first-order valence-corrected chi connectivity index (χ1v) is 10.4. The largest absolute Gasteiger partial charge is 0.493 e. The van der Waals surface area contributed by atoms with Crippen molar-refractivity contribution in [3.63, 3.8) is 0 Å². The molecule has 0 aliphatic rings. The first kappa shape index (κ1) is 21.4. The van der Waals surface area contributed by atoms with Crippen LogP contribution < -0.4 is 14.8 Å². The van der Waals surface area contributed by atoms with Gasteiger partial charge in [-0.25, -0.2) is 0 Å². The van der Waals surface area contributed by atoms with Gasteiger partial charge < -0.3 is 14.8 Å². The van der Waals surface area contributed by atoms with Gasteiger partial charge in [0.15, 0.2) is 6.10 Å². The lowest BCUT2D eigenvalue weighted by atomic mass is 10.1. The first-order chi connectivity index (χ1) is 14.5. The third-order valence-electron chi connectivity index (χ3n) is 4.59. The van der Waals surface area contributed by atoms with E-state index in [-0.39, 0.29) is 5.91 Å². The second-order valence-corrected chi connectivity index (χ2v) is 7.63. The predicted octanol–water partition coefficient (Wildman–Crippen LogP) is 6.18. The van der Waals surface area contributed by atoms with Crippen LogP contribution in [0, 0.1) is 5.92 Å². The molecule has 3 rings (SSSR count). The molecule has 1 N–H and O–H groups in total. The summed E-state index contributed by atoms with van der Waals surface area (Å²) in [6, 6.07) is 25.4.